The molecule has 0 bridgehead atoms. The Hall–Kier alpha value is 0.280. The zero-order valence-electron chi connectivity index (χ0n) is 9.49. The second-order valence-corrected chi connectivity index (χ2v) is 5.39. The molecule has 0 saturated carbocycles. The zero-order valence-corrected chi connectivity index (χ0v) is 11.2. The number of morpholine rings is 2. The number of halogens is 1. The molecule has 0 aromatic rings. The Labute approximate surface area is 107 Å². The van der Waals surface area contributed by atoms with Gasteiger partial charge in [-0.15, -0.1) is 12.4 Å². The van der Waals surface area contributed by atoms with Crippen LogP contribution in [0.3, 0.4) is 0 Å². The maximum atomic E-state index is 12.0. The van der Waals surface area contributed by atoms with Crippen LogP contribution in [-0.2, 0) is 18.7 Å². The molecule has 0 aromatic heterocycles. The highest BCUT2D eigenvalue weighted by atomic mass is 35.5. The van der Waals surface area contributed by atoms with E-state index in [0.29, 0.717) is 52.6 Å². The Morgan fingerprint density at radius 3 is 2.00 bits per heavy atom. The summed E-state index contributed by atoms with van der Waals surface area (Å²) in [5, 5.41) is 1.50. The van der Waals surface area contributed by atoms with E-state index < -0.39 is 7.75 Å². The van der Waals surface area contributed by atoms with E-state index >= 15 is 0 Å². The minimum atomic E-state index is -3.71. The minimum Gasteiger partial charge on any atom is -0.379 e. The molecule has 0 radical (unpaired) electrons. The van der Waals surface area contributed by atoms with Crippen molar-refractivity contribution in [1.29, 1.82) is 0 Å². The fraction of sp³-hybridized carbons (Fsp3) is 1.00. The first-order valence-corrected chi connectivity index (χ1v) is 6.90. The van der Waals surface area contributed by atoms with Crippen LogP contribution in [-0.4, -0.2) is 67.2 Å². The third-order valence-electron chi connectivity index (χ3n) is 2.54. The molecule has 0 aliphatic carbocycles. The lowest BCUT2D eigenvalue weighted by molar-refractivity contribution is -0.131. The molecule has 9 heteroatoms. The SMILES string of the molecule is Cl.O=P(O)(ON1CCOCC1)N1CCOCC1. The van der Waals surface area contributed by atoms with Gasteiger partial charge in [-0.2, -0.15) is 5.06 Å². The molecule has 102 valence electrons. The highest BCUT2D eigenvalue weighted by Gasteiger charge is 2.34. The summed E-state index contributed by atoms with van der Waals surface area (Å²) in [4.78, 5) is 9.81. The van der Waals surface area contributed by atoms with Crippen LogP contribution in [0.4, 0.5) is 0 Å². The molecule has 2 saturated heterocycles. The molecule has 1 atom stereocenters. The Morgan fingerprint density at radius 1 is 1.00 bits per heavy atom. The molecule has 0 amide bonds. The predicted octanol–water partition coefficient (Wildman–Crippen LogP) is 0.105. The average molecular weight is 289 g/mol. The Balaban J connectivity index is 0.00000144. The summed E-state index contributed by atoms with van der Waals surface area (Å²) < 4.78 is 28.8. The summed E-state index contributed by atoms with van der Waals surface area (Å²) in [5.74, 6) is 0. The van der Waals surface area contributed by atoms with Gasteiger partial charge in [-0.1, -0.05) is 0 Å². The number of hydrogen-bond acceptors (Lipinski definition) is 5. The fourth-order valence-electron chi connectivity index (χ4n) is 1.64. The summed E-state index contributed by atoms with van der Waals surface area (Å²) in [6.45, 7) is 3.90. The van der Waals surface area contributed by atoms with Crippen molar-refractivity contribution >= 4 is 20.2 Å². The first kappa shape index (κ1) is 15.3. The van der Waals surface area contributed by atoms with Crippen molar-refractivity contribution in [2.24, 2.45) is 0 Å². The normalized spacial score (nSPS) is 27.1. The van der Waals surface area contributed by atoms with Crippen LogP contribution in [0, 0.1) is 0 Å². The van der Waals surface area contributed by atoms with Gasteiger partial charge in [0.05, 0.1) is 26.4 Å². The summed E-state index contributed by atoms with van der Waals surface area (Å²) in [6.07, 6.45) is 0. The van der Waals surface area contributed by atoms with Crippen LogP contribution in [0.2, 0.25) is 0 Å². The minimum absolute atomic E-state index is 0. The molecule has 1 N–H and O–H groups in total. The molecule has 17 heavy (non-hydrogen) atoms. The second kappa shape index (κ2) is 7.01. The van der Waals surface area contributed by atoms with Crippen molar-refractivity contribution in [3.63, 3.8) is 0 Å². The average Bonchev–Trinajstić information content (AvgIpc) is 2.31. The van der Waals surface area contributed by atoms with Crippen molar-refractivity contribution in [2.75, 3.05) is 52.6 Å². The van der Waals surface area contributed by atoms with Gasteiger partial charge < -0.3 is 14.4 Å². The van der Waals surface area contributed by atoms with Gasteiger partial charge >= 0.3 is 7.75 Å². The molecule has 0 aromatic carbocycles. The second-order valence-electron chi connectivity index (χ2n) is 3.68. The Kier molecular flexibility index (Phi) is 6.33. The van der Waals surface area contributed by atoms with Crippen LogP contribution in [0.25, 0.3) is 0 Å². The lowest BCUT2D eigenvalue weighted by Gasteiger charge is -2.33. The van der Waals surface area contributed by atoms with E-state index in [1.165, 1.54) is 9.73 Å². The standard InChI is InChI=1S/C8H17N2O5P.ClH/c11-16(12,10-3-7-14-8-4-10)15-9-1-5-13-6-2-9;/h1-8H2,(H,11,12);1H. The van der Waals surface area contributed by atoms with Gasteiger partial charge in [0.1, 0.15) is 0 Å². The van der Waals surface area contributed by atoms with E-state index in [4.69, 9.17) is 14.1 Å². The monoisotopic (exact) mass is 288 g/mol. The first-order chi connectivity index (χ1) is 7.68. The summed E-state index contributed by atoms with van der Waals surface area (Å²) in [6, 6.07) is 0. The van der Waals surface area contributed by atoms with E-state index in [2.05, 4.69) is 0 Å². The molecular weight excluding hydrogens is 271 g/mol. The molecule has 7 nitrogen and oxygen atoms in total. The van der Waals surface area contributed by atoms with Gasteiger partial charge in [0, 0.05) is 26.2 Å². The molecular formula is C8H18ClN2O5P. The van der Waals surface area contributed by atoms with E-state index in [1.807, 2.05) is 0 Å². The number of nitrogens with zero attached hydrogens (tertiary/aromatic N) is 2. The van der Waals surface area contributed by atoms with Crippen molar-refractivity contribution in [3.05, 3.63) is 0 Å². The van der Waals surface area contributed by atoms with Crippen molar-refractivity contribution < 1.29 is 23.6 Å². The molecule has 2 rings (SSSR count). The van der Waals surface area contributed by atoms with Crippen LogP contribution in [0.1, 0.15) is 0 Å². The number of rotatable bonds is 3. The highest BCUT2D eigenvalue weighted by molar-refractivity contribution is 7.50. The van der Waals surface area contributed by atoms with E-state index in [9.17, 15) is 9.46 Å². The third kappa shape index (κ3) is 4.46. The van der Waals surface area contributed by atoms with Gasteiger partial charge in [0.15, 0.2) is 0 Å². The van der Waals surface area contributed by atoms with Crippen LogP contribution in [0.15, 0.2) is 0 Å². The van der Waals surface area contributed by atoms with Gasteiger partial charge in [-0.25, -0.2) is 13.9 Å². The summed E-state index contributed by atoms with van der Waals surface area (Å²) in [5.41, 5.74) is 0. The van der Waals surface area contributed by atoms with E-state index in [-0.39, 0.29) is 12.4 Å². The predicted molar refractivity (Wildman–Crippen MR) is 62.9 cm³/mol. The maximum absolute atomic E-state index is 12.0. The third-order valence-corrected chi connectivity index (χ3v) is 4.10. The maximum Gasteiger partial charge on any atom is 0.422 e. The summed E-state index contributed by atoms with van der Waals surface area (Å²) in [7, 11) is -3.71. The lowest BCUT2D eigenvalue weighted by atomic mass is 10.5. The van der Waals surface area contributed by atoms with Crippen LogP contribution in [0.5, 0.6) is 0 Å². The topological polar surface area (TPSA) is 71.5 Å². The van der Waals surface area contributed by atoms with Gasteiger partial charge in [0.2, 0.25) is 0 Å². The Morgan fingerprint density at radius 2 is 1.47 bits per heavy atom. The smallest absolute Gasteiger partial charge is 0.379 e. The number of hydrogen-bond donors (Lipinski definition) is 1. The van der Waals surface area contributed by atoms with Crippen molar-refractivity contribution in [2.45, 2.75) is 0 Å². The molecule has 2 heterocycles. The molecule has 2 aliphatic heterocycles. The Bertz CT molecular complexity index is 271. The van der Waals surface area contributed by atoms with Gasteiger partial charge in [-0.3, -0.25) is 0 Å². The largest absolute Gasteiger partial charge is 0.422 e. The first-order valence-electron chi connectivity index (χ1n) is 5.37. The van der Waals surface area contributed by atoms with E-state index in [0.717, 1.165) is 0 Å². The molecule has 2 aliphatic rings. The summed E-state index contributed by atoms with van der Waals surface area (Å²) >= 11 is 0. The number of ether oxygens (including phenoxy) is 2. The number of hydroxylamine groups is 2. The quantitative estimate of drug-likeness (QED) is 0.739. The molecule has 1 unspecified atom stereocenters. The zero-order chi connectivity index (χ0) is 11.4. The van der Waals surface area contributed by atoms with E-state index in [1.54, 1.807) is 0 Å². The van der Waals surface area contributed by atoms with Crippen molar-refractivity contribution in [1.82, 2.24) is 9.73 Å². The van der Waals surface area contributed by atoms with Gasteiger partial charge in [-0.05, 0) is 0 Å². The van der Waals surface area contributed by atoms with Gasteiger partial charge in [0.25, 0.3) is 0 Å². The van der Waals surface area contributed by atoms with Crippen molar-refractivity contribution in [3.8, 4) is 0 Å². The lowest BCUT2D eigenvalue weighted by Crippen LogP contribution is -2.40. The van der Waals surface area contributed by atoms with Crippen LogP contribution < -0.4 is 0 Å². The highest BCUT2D eigenvalue weighted by Crippen LogP contribution is 2.47. The molecule has 2 fully saturated rings. The fourth-order valence-corrected chi connectivity index (χ4v) is 2.87. The van der Waals surface area contributed by atoms with Crippen LogP contribution >= 0.6 is 20.2 Å². The molecule has 0 spiro atoms.